The van der Waals surface area contributed by atoms with Crippen LogP contribution in [0.2, 0.25) is 0 Å². The third-order valence-corrected chi connectivity index (χ3v) is 15.8. The Labute approximate surface area is 351 Å². The predicted octanol–water partition coefficient (Wildman–Crippen LogP) is 12.4. The molecule has 0 aromatic heterocycles. The monoisotopic (exact) mass is 775 g/mol. The van der Waals surface area contributed by atoms with Crippen LogP contribution in [0.5, 0.6) is 0 Å². The van der Waals surface area contributed by atoms with Crippen LogP contribution in [0.25, 0.3) is 0 Å². The van der Waals surface area contributed by atoms with Crippen LogP contribution in [0.3, 0.4) is 0 Å². The summed E-state index contributed by atoms with van der Waals surface area (Å²) < 4.78 is 13.7. The minimum Gasteiger partial charge on any atom is -0.464 e. The summed E-state index contributed by atoms with van der Waals surface area (Å²) in [5.74, 6) is 5.45. The number of hydrogen-bond acceptors (Lipinski definition) is 3. The highest BCUT2D eigenvalue weighted by Gasteiger charge is 2.48. The van der Waals surface area contributed by atoms with Gasteiger partial charge in [-0.3, -0.25) is 0 Å². The second kappa shape index (κ2) is 15.0. The molecule has 3 heteroatoms. The maximum absolute atomic E-state index is 6.87. The normalized spacial score (nSPS) is 39.3. The number of nitrogens with zero attached hydrogens (tertiary/aromatic N) is 1. The van der Waals surface area contributed by atoms with Crippen molar-refractivity contribution in [2.24, 2.45) is 47.3 Å². The summed E-state index contributed by atoms with van der Waals surface area (Å²) in [5, 5.41) is 0. The molecule has 0 radical (unpaired) electrons. The highest BCUT2D eigenvalue weighted by Crippen LogP contribution is 2.51. The summed E-state index contributed by atoms with van der Waals surface area (Å²) in [6, 6.07) is 0.642. The molecule has 12 rings (SSSR count). The van der Waals surface area contributed by atoms with Gasteiger partial charge in [-0.2, -0.15) is 0 Å². The molecule has 59 heavy (non-hydrogen) atoms. The highest BCUT2D eigenvalue weighted by molar-refractivity contribution is 5.50. The Hall–Kier alpha value is -4.86. The van der Waals surface area contributed by atoms with E-state index >= 15 is 0 Å². The summed E-state index contributed by atoms with van der Waals surface area (Å²) in [4.78, 5) is 2.84. The maximum atomic E-state index is 6.87. The van der Waals surface area contributed by atoms with Crippen molar-refractivity contribution in [2.45, 2.75) is 88.5 Å². The van der Waals surface area contributed by atoms with Crippen LogP contribution < -0.4 is 0 Å². The first-order valence-corrected chi connectivity index (χ1v) is 23.1. The average molecular weight is 776 g/mol. The van der Waals surface area contributed by atoms with E-state index in [0.717, 1.165) is 30.9 Å². The van der Waals surface area contributed by atoms with Crippen molar-refractivity contribution in [3.05, 3.63) is 203 Å². The zero-order valence-electron chi connectivity index (χ0n) is 34.2. The summed E-state index contributed by atoms with van der Waals surface area (Å²) >= 11 is 0. The van der Waals surface area contributed by atoms with Gasteiger partial charge in [-0.15, -0.1) is 0 Å². The summed E-state index contributed by atoms with van der Waals surface area (Å²) in [6.45, 7) is 0. The Balaban J connectivity index is 0.816. The van der Waals surface area contributed by atoms with Gasteiger partial charge in [-0.25, -0.2) is 0 Å². The fourth-order valence-electron chi connectivity index (χ4n) is 12.8. The standard InChI is InChI=1S/C56H57NO2/c1-2-11-39(12-3-1)47-16-8-17-48-50-35-43(27-33-52(50)58-55(47)48)38-24-30-45(31-25-38)57(44-28-22-37(23-29-44)42-21-20-36-10-4-5-14-41(36)34-42)51-18-9-19-53-54(51)49-32-26-40-13-6-7-15-46(40)56(49)59-53/h1-4,6-11,13,15-19,22,24,26-27,30-33,35,38-40,42,44,46,48,50-52,54-55H,5,12,14,20-21,23,25,28-29,34H2/t38?,39?,40?,42-,44+,46?,48?,50?,51?,52?,54?,55?/m1/s1. The molecule has 298 valence electrons. The minimum absolute atomic E-state index is 0.144. The predicted molar refractivity (Wildman–Crippen MR) is 239 cm³/mol. The highest BCUT2D eigenvalue weighted by atomic mass is 16.5. The molecule has 2 aliphatic heterocycles. The van der Waals surface area contributed by atoms with Crippen LogP contribution >= 0.6 is 0 Å². The lowest BCUT2D eigenvalue weighted by molar-refractivity contribution is 0.0764. The first-order chi connectivity index (χ1) is 29.2. The van der Waals surface area contributed by atoms with Crippen molar-refractivity contribution in [3.8, 4) is 0 Å². The maximum Gasteiger partial charge on any atom is 0.115 e. The zero-order valence-corrected chi connectivity index (χ0v) is 34.2. The topological polar surface area (TPSA) is 21.7 Å². The van der Waals surface area contributed by atoms with Crippen LogP contribution in [0.4, 0.5) is 0 Å². The van der Waals surface area contributed by atoms with E-state index in [0.29, 0.717) is 35.6 Å². The van der Waals surface area contributed by atoms with E-state index in [1.165, 1.54) is 73.1 Å². The SMILES string of the molecule is C1=CCC(C2=CC=CC3C2OC2C=CC(C4C=CC(N(C5C=CC=C6OC7=C(C=CC8C=CC=CC78)C65)[C@H]5CC=C([C@@H]6CCC7=C(CCC=C7)C6)CC5)=CC4)=CC23)C=C1. The number of hydrogen-bond donors (Lipinski definition) is 0. The zero-order chi connectivity index (χ0) is 38.9. The summed E-state index contributed by atoms with van der Waals surface area (Å²) in [5.41, 5.74) is 10.8. The van der Waals surface area contributed by atoms with Crippen molar-refractivity contribution < 1.29 is 9.47 Å². The van der Waals surface area contributed by atoms with E-state index in [2.05, 4.69) is 157 Å². The van der Waals surface area contributed by atoms with Gasteiger partial charge in [0.25, 0.3) is 0 Å². The van der Waals surface area contributed by atoms with Gasteiger partial charge in [0.15, 0.2) is 0 Å². The van der Waals surface area contributed by atoms with Crippen LogP contribution in [0.15, 0.2) is 203 Å². The van der Waals surface area contributed by atoms with E-state index in [1.54, 1.807) is 16.7 Å². The largest absolute Gasteiger partial charge is 0.464 e. The summed E-state index contributed by atoms with van der Waals surface area (Å²) in [7, 11) is 0. The van der Waals surface area contributed by atoms with Crippen molar-refractivity contribution in [1.29, 1.82) is 0 Å². The fraction of sp³-hybridized carbons (Fsp3) is 0.393. The minimum atomic E-state index is 0.144. The van der Waals surface area contributed by atoms with Crippen LogP contribution in [0, 0.1) is 47.3 Å². The molecule has 0 aromatic carbocycles. The molecule has 0 bridgehead atoms. The van der Waals surface area contributed by atoms with Crippen molar-refractivity contribution in [1.82, 2.24) is 4.90 Å². The summed E-state index contributed by atoms with van der Waals surface area (Å²) in [6.07, 6.45) is 71.6. The molecule has 1 saturated heterocycles. The molecule has 0 N–H and O–H groups in total. The van der Waals surface area contributed by atoms with Gasteiger partial charge in [0.2, 0.25) is 0 Å². The van der Waals surface area contributed by atoms with Crippen LogP contribution in [0.1, 0.15) is 64.2 Å². The smallest absolute Gasteiger partial charge is 0.115 e. The van der Waals surface area contributed by atoms with Gasteiger partial charge < -0.3 is 14.4 Å². The van der Waals surface area contributed by atoms with Crippen molar-refractivity contribution in [3.63, 3.8) is 0 Å². The molecule has 10 unspecified atom stereocenters. The molecule has 0 saturated carbocycles. The lowest BCUT2D eigenvalue weighted by atomic mass is 9.73. The van der Waals surface area contributed by atoms with Gasteiger partial charge in [0.05, 0.1) is 24.2 Å². The second-order valence-electron chi connectivity index (χ2n) is 18.9. The molecule has 0 amide bonds. The molecule has 10 aliphatic carbocycles. The lowest BCUT2D eigenvalue weighted by Gasteiger charge is -2.45. The number of fused-ring (bicyclic) bond motifs is 7. The van der Waals surface area contributed by atoms with Crippen molar-refractivity contribution in [2.75, 3.05) is 0 Å². The fourth-order valence-corrected chi connectivity index (χ4v) is 12.8. The Bertz CT molecular complexity index is 2330. The molecule has 12 aliphatic rings. The molecule has 3 nitrogen and oxygen atoms in total. The first-order valence-electron chi connectivity index (χ1n) is 23.1. The molecule has 0 spiro atoms. The Morgan fingerprint density at radius 3 is 2.53 bits per heavy atom. The van der Waals surface area contributed by atoms with E-state index < -0.39 is 0 Å². The van der Waals surface area contributed by atoms with Gasteiger partial charge in [-0.1, -0.05) is 151 Å². The van der Waals surface area contributed by atoms with E-state index in [4.69, 9.17) is 9.47 Å². The van der Waals surface area contributed by atoms with E-state index in [1.807, 2.05) is 0 Å². The Morgan fingerprint density at radius 1 is 0.678 bits per heavy atom. The molecule has 2 heterocycles. The molecule has 0 aromatic rings. The lowest BCUT2D eigenvalue weighted by Crippen LogP contribution is -2.47. The molecular weight excluding hydrogens is 719 g/mol. The molecule has 12 atom stereocenters. The second-order valence-corrected chi connectivity index (χ2v) is 18.9. The van der Waals surface area contributed by atoms with Gasteiger partial charge in [0.1, 0.15) is 11.5 Å². The third kappa shape index (κ3) is 6.33. The number of allylic oxidation sites excluding steroid dienone is 24. The first kappa shape index (κ1) is 36.0. The van der Waals surface area contributed by atoms with Gasteiger partial charge >= 0.3 is 0 Å². The number of ether oxygens (including phenoxy) is 2. The third-order valence-electron chi connectivity index (χ3n) is 15.8. The van der Waals surface area contributed by atoms with Gasteiger partial charge in [-0.05, 0) is 99.0 Å². The van der Waals surface area contributed by atoms with Gasteiger partial charge in [0, 0.05) is 52.8 Å². The van der Waals surface area contributed by atoms with Crippen molar-refractivity contribution >= 4 is 0 Å². The Morgan fingerprint density at radius 2 is 1.63 bits per heavy atom. The van der Waals surface area contributed by atoms with Crippen LogP contribution in [-0.4, -0.2) is 29.2 Å². The number of rotatable bonds is 6. The average Bonchev–Trinajstić information content (AvgIpc) is 3.89. The van der Waals surface area contributed by atoms with E-state index in [-0.39, 0.29) is 30.1 Å². The molecule has 1 fully saturated rings. The van der Waals surface area contributed by atoms with E-state index in [9.17, 15) is 0 Å². The van der Waals surface area contributed by atoms with Crippen LogP contribution in [-0.2, 0) is 9.47 Å². The Kier molecular flexibility index (Phi) is 9.16. The quantitative estimate of drug-likeness (QED) is 0.251. The molecular formula is C56H57NO2.